The lowest BCUT2D eigenvalue weighted by atomic mass is 10.1. The van der Waals surface area contributed by atoms with E-state index in [0.717, 1.165) is 22.2 Å². The summed E-state index contributed by atoms with van der Waals surface area (Å²) in [4.78, 5) is 36.4. The van der Waals surface area contributed by atoms with E-state index in [2.05, 4.69) is 0 Å². The van der Waals surface area contributed by atoms with Crippen LogP contribution in [0.1, 0.15) is 11.1 Å². The molecular formula is C17H12N2O4S. The number of rotatable bonds is 3. The Kier molecular flexibility index (Phi) is 4.18. The van der Waals surface area contributed by atoms with Gasteiger partial charge in [0.1, 0.15) is 0 Å². The number of benzene rings is 2. The molecule has 6 nitrogen and oxygen atoms in total. The van der Waals surface area contributed by atoms with Crippen molar-refractivity contribution in [2.75, 3.05) is 4.90 Å². The van der Waals surface area contributed by atoms with Gasteiger partial charge in [0.25, 0.3) is 16.8 Å². The minimum Gasteiger partial charge on any atom is -0.268 e. The van der Waals surface area contributed by atoms with Gasteiger partial charge < -0.3 is 0 Å². The largest absolute Gasteiger partial charge is 0.298 e. The van der Waals surface area contributed by atoms with E-state index in [4.69, 9.17) is 0 Å². The number of hydrogen-bond donors (Lipinski definition) is 0. The van der Waals surface area contributed by atoms with Gasteiger partial charge in [0, 0.05) is 12.1 Å². The summed E-state index contributed by atoms with van der Waals surface area (Å²) in [7, 11) is 0. The molecule has 0 atom stereocenters. The van der Waals surface area contributed by atoms with Gasteiger partial charge >= 0.3 is 0 Å². The van der Waals surface area contributed by atoms with Crippen molar-refractivity contribution in [3.05, 3.63) is 74.7 Å². The topological polar surface area (TPSA) is 80.5 Å². The highest BCUT2D eigenvalue weighted by molar-refractivity contribution is 8.19. The van der Waals surface area contributed by atoms with Crippen LogP contribution in [0.25, 0.3) is 6.08 Å². The zero-order valence-corrected chi connectivity index (χ0v) is 13.4. The van der Waals surface area contributed by atoms with E-state index in [1.165, 1.54) is 12.1 Å². The number of imide groups is 1. The third-order valence-corrected chi connectivity index (χ3v) is 4.42. The first kappa shape index (κ1) is 15.9. The molecule has 0 bridgehead atoms. The maximum Gasteiger partial charge on any atom is 0.298 e. The van der Waals surface area contributed by atoms with Crippen LogP contribution in [-0.4, -0.2) is 16.1 Å². The van der Waals surface area contributed by atoms with Gasteiger partial charge in [-0.1, -0.05) is 18.2 Å². The Morgan fingerprint density at radius 2 is 1.75 bits per heavy atom. The molecule has 0 aliphatic carbocycles. The van der Waals surface area contributed by atoms with Gasteiger partial charge in [-0.15, -0.1) is 0 Å². The molecule has 2 aromatic rings. The molecule has 0 unspecified atom stereocenters. The van der Waals surface area contributed by atoms with Gasteiger partial charge in [-0.25, -0.2) is 4.90 Å². The molecule has 0 aromatic heterocycles. The number of amides is 2. The number of non-ortho nitro benzene ring substituents is 1. The normalized spacial score (nSPS) is 16.0. The van der Waals surface area contributed by atoms with Crippen LogP contribution in [0.15, 0.2) is 53.4 Å². The first-order valence-electron chi connectivity index (χ1n) is 7.05. The highest BCUT2D eigenvalue weighted by Gasteiger charge is 2.36. The fourth-order valence-electron chi connectivity index (χ4n) is 2.33. The van der Waals surface area contributed by atoms with Gasteiger partial charge in [-0.2, -0.15) is 0 Å². The first-order chi connectivity index (χ1) is 11.5. The Morgan fingerprint density at radius 1 is 1.08 bits per heavy atom. The number of nitro benzene ring substituents is 1. The molecule has 1 aliphatic heterocycles. The zero-order valence-electron chi connectivity index (χ0n) is 12.6. The van der Waals surface area contributed by atoms with Crippen LogP contribution in [0, 0.1) is 17.0 Å². The Labute approximate surface area is 141 Å². The number of aryl methyl sites for hydroxylation is 1. The molecule has 1 fully saturated rings. The van der Waals surface area contributed by atoms with Crippen LogP contribution >= 0.6 is 11.8 Å². The molecule has 2 aromatic carbocycles. The molecule has 1 aliphatic rings. The van der Waals surface area contributed by atoms with Crippen molar-refractivity contribution in [2.24, 2.45) is 0 Å². The maximum atomic E-state index is 12.6. The fourth-order valence-corrected chi connectivity index (χ4v) is 3.17. The third kappa shape index (κ3) is 2.93. The summed E-state index contributed by atoms with van der Waals surface area (Å²) in [5, 5.41) is 10.3. The summed E-state index contributed by atoms with van der Waals surface area (Å²) < 4.78 is 0. The van der Waals surface area contributed by atoms with Crippen molar-refractivity contribution in [1.82, 2.24) is 0 Å². The van der Waals surface area contributed by atoms with Crippen molar-refractivity contribution in [3.63, 3.8) is 0 Å². The zero-order chi connectivity index (χ0) is 17.3. The molecular weight excluding hydrogens is 328 g/mol. The van der Waals surface area contributed by atoms with Crippen LogP contribution in [0.5, 0.6) is 0 Å². The van der Waals surface area contributed by atoms with Crippen LogP contribution in [-0.2, 0) is 4.79 Å². The molecule has 0 spiro atoms. The van der Waals surface area contributed by atoms with E-state index >= 15 is 0 Å². The van der Waals surface area contributed by atoms with E-state index in [-0.39, 0.29) is 15.8 Å². The van der Waals surface area contributed by atoms with E-state index in [1.54, 1.807) is 30.3 Å². The molecule has 0 radical (unpaired) electrons. The lowest BCUT2D eigenvalue weighted by Gasteiger charge is -2.14. The third-order valence-electron chi connectivity index (χ3n) is 3.55. The van der Waals surface area contributed by atoms with E-state index in [0.29, 0.717) is 11.3 Å². The maximum absolute atomic E-state index is 12.6. The van der Waals surface area contributed by atoms with Crippen LogP contribution < -0.4 is 4.90 Å². The van der Waals surface area contributed by atoms with Crippen molar-refractivity contribution >= 4 is 40.4 Å². The second-order valence-electron chi connectivity index (χ2n) is 5.15. The fraction of sp³-hybridized carbons (Fsp3) is 0.0588. The summed E-state index contributed by atoms with van der Waals surface area (Å²) in [5.74, 6) is -0.391. The van der Waals surface area contributed by atoms with Crippen LogP contribution in [0.3, 0.4) is 0 Å². The lowest BCUT2D eigenvalue weighted by molar-refractivity contribution is -0.384. The minimum atomic E-state index is -0.490. The number of nitro groups is 1. The molecule has 7 heteroatoms. The predicted octanol–water partition coefficient (Wildman–Crippen LogP) is 4.14. The second-order valence-corrected chi connectivity index (χ2v) is 6.15. The smallest absolute Gasteiger partial charge is 0.268 e. The summed E-state index contributed by atoms with van der Waals surface area (Å²) >= 11 is 0.855. The second kappa shape index (κ2) is 6.29. The SMILES string of the molecule is Cc1ccccc1N1C(=O)S/C(=C\c2ccc([N+](=O)[O-])cc2)C1=O. The van der Waals surface area contributed by atoms with Crippen LogP contribution in [0.2, 0.25) is 0 Å². The lowest BCUT2D eigenvalue weighted by Crippen LogP contribution is -2.28. The van der Waals surface area contributed by atoms with Crippen molar-refractivity contribution in [1.29, 1.82) is 0 Å². The van der Waals surface area contributed by atoms with Gasteiger partial charge in [0.15, 0.2) is 0 Å². The number of carbonyl (C=O) groups is 2. The summed E-state index contributed by atoms with van der Waals surface area (Å²) in [5.41, 5.74) is 1.99. The van der Waals surface area contributed by atoms with Crippen LogP contribution in [0.4, 0.5) is 16.2 Å². The predicted molar refractivity (Wildman–Crippen MR) is 92.7 cm³/mol. The Balaban J connectivity index is 1.91. The highest BCUT2D eigenvalue weighted by Crippen LogP contribution is 2.36. The number of hydrogen-bond acceptors (Lipinski definition) is 5. The van der Waals surface area contributed by atoms with E-state index in [9.17, 15) is 19.7 Å². The van der Waals surface area contributed by atoms with E-state index < -0.39 is 10.8 Å². The molecule has 120 valence electrons. The van der Waals surface area contributed by atoms with Gasteiger partial charge in [-0.05, 0) is 54.1 Å². The van der Waals surface area contributed by atoms with Crippen molar-refractivity contribution in [2.45, 2.75) is 6.92 Å². The number of thioether (sulfide) groups is 1. The Hall–Kier alpha value is -2.93. The Morgan fingerprint density at radius 3 is 2.38 bits per heavy atom. The Bertz CT molecular complexity index is 874. The van der Waals surface area contributed by atoms with Gasteiger partial charge in [-0.3, -0.25) is 19.7 Å². The molecule has 3 rings (SSSR count). The summed E-state index contributed by atoms with van der Waals surface area (Å²) in [6.07, 6.45) is 1.56. The molecule has 1 saturated heterocycles. The number of carbonyl (C=O) groups excluding carboxylic acids is 2. The monoisotopic (exact) mass is 340 g/mol. The van der Waals surface area contributed by atoms with Crippen molar-refractivity contribution in [3.8, 4) is 0 Å². The molecule has 2 amide bonds. The molecule has 0 N–H and O–H groups in total. The van der Waals surface area contributed by atoms with E-state index in [1.807, 2.05) is 19.1 Å². The first-order valence-corrected chi connectivity index (χ1v) is 7.87. The summed E-state index contributed by atoms with van der Waals surface area (Å²) in [6.45, 7) is 1.83. The van der Waals surface area contributed by atoms with Gasteiger partial charge in [0.05, 0.1) is 15.5 Å². The highest BCUT2D eigenvalue weighted by atomic mass is 32.2. The summed E-state index contributed by atoms with van der Waals surface area (Å²) in [6, 6.07) is 13.0. The number of nitrogens with zero attached hydrogens (tertiary/aromatic N) is 2. The number of para-hydroxylation sites is 1. The standard InChI is InChI=1S/C17H12N2O4S/c1-11-4-2-3-5-14(11)18-16(20)15(24-17(18)21)10-12-6-8-13(9-7-12)19(22)23/h2-10H,1H3/b15-10-. The molecule has 0 saturated carbocycles. The minimum absolute atomic E-state index is 0.0276. The average molecular weight is 340 g/mol. The molecule has 24 heavy (non-hydrogen) atoms. The molecule has 1 heterocycles. The average Bonchev–Trinajstić information content (AvgIpc) is 2.83. The number of anilines is 1. The van der Waals surface area contributed by atoms with Gasteiger partial charge in [0.2, 0.25) is 0 Å². The quantitative estimate of drug-likeness (QED) is 0.476. The van der Waals surface area contributed by atoms with Crippen molar-refractivity contribution < 1.29 is 14.5 Å².